The summed E-state index contributed by atoms with van der Waals surface area (Å²) in [6.07, 6.45) is 0. The molecule has 0 aliphatic carbocycles. The van der Waals surface area contributed by atoms with Crippen LogP contribution in [0.2, 0.25) is 0 Å². The number of nitrogens with one attached hydrogen (secondary N) is 1. The van der Waals surface area contributed by atoms with Gasteiger partial charge in [0, 0.05) is 11.1 Å². The predicted octanol–water partition coefficient (Wildman–Crippen LogP) is 7.73. The Balaban J connectivity index is 1.55. The van der Waals surface area contributed by atoms with Gasteiger partial charge < -0.3 is 10.2 Å². The quantitative estimate of drug-likeness (QED) is 0.262. The molecule has 1 atom stereocenters. The Labute approximate surface area is 232 Å². The molecule has 0 saturated heterocycles. The number of halogens is 1. The Hall–Kier alpha value is -5.04. The minimum atomic E-state index is -0.506. The second kappa shape index (κ2) is 9.31. The maximum atomic E-state index is 15.7. The topological polar surface area (TPSA) is 57.8 Å². The van der Waals surface area contributed by atoms with Crippen molar-refractivity contribution in [1.29, 1.82) is 0 Å². The number of aryl methyl sites for hydroxylation is 3. The van der Waals surface area contributed by atoms with E-state index in [9.17, 15) is 0 Å². The fraction of sp³-hybridized carbons (Fsp3) is 0.121. The van der Waals surface area contributed by atoms with Crippen molar-refractivity contribution in [3.63, 3.8) is 0 Å². The van der Waals surface area contributed by atoms with E-state index in [1.165, 1.54) is 11.6 Å². The van der Waals surface area contributed by atoms with Crippen molar-refractivity contribution < 1.29 is 4.39 Å². The van der Waals surface area contributed by atoms with Crippen LogP contribution in [0.4, 0.5) is 27.3 Å². The van der Waals surface area contributed by atoms with Crippen LogP contribution in [0.25, 0.3) is 5.69 Å². The van der Waals surface area contributed by atoms with Crippen molar-refractivity contribution in [2.45, 2.75) is 26.8 Å². The largest absolute Gasteiger partial charge is 0.335 e. The summed E-state index contributed by atoms with van der Waals surface area (Å²) >= 11 is 0. The highest BCUT2D eigenvalue weighted by Crippen LogP contribution is 2.48. The number of aromatic nitrogens is 2. The molecule has 2 aliphatic heterocycles. The van der Waals surface area contributed by atoms with Crippen LogP contribution < -0.4 is 10.2 Å². The summed E-state index contributed by atoms with van der Waals surface area (Å²) < 4.78 is 17.5. The Morgan fingerprint density at radius 3 is 2.40 bits per heavy atom. The van der Waals surface area contributed by atoms with E-state index in [2.05, 4.69) is 36.2 Å². The van der Waals surface area contributed by atoms with E-state index in [0.717, 1.165) is 39.6 Å². The van der Waals surface area contributed by atoms with Crippen LogP contribution in [-0.4, -0.2) is 21.5 Å². The van der Waals surface area contributed by atoms with E-state index >= 15 is 4.39 Å². The molecule has 1 aromatic heterocycles. The molecule has 0 spiro atoms. The minimum Gasteiger partial charge on any atom is -0.335 e. The van der Waals surface area contributed by atoms with Crippen molar-refractivity contribution in [2.24, 2.45) is 9.98 Å². The zero-order chi connectivity index (χ0) is 27.4. The zero-order valence-corrected chi connectivity index (χ0v) is 22.4. The molecule has 0 unspecified atom stereocenters. The first kappa shape index (κ1) is 24.0. The lowest BCUT2D eigenvalue weighted by Gasteiger charge is -2.42. The molecule has 40 heavy (non-hydrogen) atoms. The van der Waals surface area contributed by atoms with Gasteiger partial charge in [0.05, 0.1) is 34.5 Å². The number of hydrogen-bond acceptors (Lipinski definition) is 4. The maximum Gasteiger partial charge on any atom is 0.179 e. The van der Waals surface area contributed by atoms with Gasteiger partial charge in [-0.1, -0.05) is 66.2 Å². The van der Waals surface area contributed by atoms with E-state index < -0.39 is 6.04 Å². The standard InChI is InChI=1S/C33H27FN6/c1-20-17-18-26(21(2)19-20)35-31-33-37-32-29(22(3)38-40(32)23-11-5-4-6-12-23)30(24-13-7-8-14-25(24)34)39(33)28-16-10-9-15-27(28)36-31/h4-19,30H,1-3H3,(H,35,36)/t30-/m1/s1. The van der Waals surface area contributed by atoms with Crippen LogP contribution in [0, 0.1) is 26.6 Å². The SMILES string of the molecule is Cc1ccc(N=C2Nc3ccccc3N3C2=Nc2c(c(C)nn2-c2ccccc2)[C@H]3c2ccccc2F)c(C)c1. The first-order valence-electron chi connectivity index (χ1n) is 13.3. The molecule has 0 radical (unpaired) electrons. The van der Waals surface area contributed by atoms with E-state index in [-0.39, 0.29) is 5.82 Å². The van der Waals surface area contributed by atoms with Gasteiger partial charge in [-0.25, -0.2) is 19.1 Å². The Morgan fingerprint density at radius 2 is 1.60 bits per heavy atom. The molecule has 196 valence electrons. The lowest BCUT2D eigenvalue weighted by Crippen LogP contribution is -2.48. The van der Waals surface area contributed by atoms with Crippen molar-refractivity contribution in [1.82, 2.24) is 9.78 Å². The van der Waals surface area contributed by atoms with Gasteiger partial charge in [0.25, 0.3) is 0 Å². The molecule has 6 nitrogen and oxygen atoms in total. The van der Waals surface area contributed by atoms with Crippen LogP contribution in [0.1, 0.15) is 34.0 Å². The molecule has 7 heteroatoms. The highest BCUT2D eigenvalue weighted by molar-refractivity contribution is 6.52. The molecular weight excluding hydrogens is 499 g/mol. The highest BCUT2D eigenvalue weighted by Gasteiger charge is 2.42. The van der Waals surface area contributed by atoms with Crippen molar-refractivity contribution >= 4 is 34.6 Å². The number of para-hydroxylation sites is 3. The number of rotatable bonds is 3. The third kappa shape index (κ3) is 3.81. The summed E-state index contributed by atoms with van der Waals surface area (Å²) in [5.74, 6) is 1.58. The van der Waals surface area contributed by atoms with Crippen LogP contribution in [-0.2, 0) is 0 Å². The smallest absolute Gasteiger partial charge is 0.179 e. The molecule has 3 heterocycles. The number of anilines is 2. The molecule has 0 fully saturated rings. The van der Waals surface area contributed by atoms with E-state index in [4.69, 9.17) is 15.1 Å². The summed E-state index contributed by atoms with van der Waals surface area (Å²) in [4.78, 5) is 12.4. The first-order valence-corrected chi connectivity index (χ1v) is 13.3. The molecule has 4 aromatic carbocycles. The van der Waals surface area contributed by atoms with Crippen LogP contribution >= 0.6 is 0 Å². The lowest BCUT2D eigenvalue weighted by molar-refractivity contribution is 0.597. The molecule has 0 saturated carbocycles. The van der Waals surface area contributed by atoms with E-state index in [0.29, 0.717) is 23.1 Å². The monoisotopic (exact) mass is 526 g/mol. The molecule has 0 bridgehead atoms. The second-order valence-electron chi connectivity index (χ2n) is 10.2. The fourth-order valence-electron chi connectivity index (χ4n) is 5.62. The van der Waals surface area contributed by atoms with Gasteiger partial charge in [-0.05, 0) is 62.7 Å². The number of fused-ring (bicyclic) bond motifs is 4. The first-order chi connectivity index (χ1) is 19.5. The number of amidine groups is 2. The van der Waals surface area contributed by atoms with E-state index in [1.807, 2.05) is 84.4 Å². The molecule has 2 aliphatic rings. The number of benzene rings is 4. The summed E-state index contributed by atoms with van der Waals surface area (Å²) in [7, 11) is 0. The van der Waals surface area contributed by atoms with Gasteiger partial charge in [0.2, 0.25) is 0 Å². The highest BCUT2D eigenvalue weighted by atomic mass is 19.1. The summed E-state index contributed by atoms with van der Waals surface area (Å²) in [5.41, 5.74) is 7.94. The summed E-state index contributed by atoms with van der Waals surface area (Å²) in [6, 6.07) is 30.5. The minimum absolute atomic E-state index is 0.282. The Bertz CT molecular complexity index is 1840. The molecule has 7 rings (SSSR count). The third-order valence-electron chi connectivity index (χ3n) is 7.47. The predicted molar refractivity (Wildman–Crippen MR) is 159 cm³/mol. The van der Waals surface area contributed by atoms with E-state index in [1.54, 1.807) is 6.07 Å². The summed E-state index contributed by atoms with van der Waals surface area (Å²) in [6.45, 7) is 6.09. The second-order valence-corrected chi connectivity index (χ2v) is 10.2. The van der Waals surface area contributed by atoms with Gasteiger partial charge >= 0.3 is 0 Å². The number of aliphatic imine (C=N–C) groups is 2. The average molecular weight is 527 g/mol. The third-order valence-corrected chi connectivity index (χ3v) is 7.47. The molecule has 5 aromatic rings. The fourth-order valence-corrected chi connectivity index (χ4v) is 5.62. The Kier molecular flexibility index (Phi) is 5.59. The van der Waals surface area contributed by atoms with Gasteiger partial charge in [0.15, 0.2) is 17.5 Å². The molecular formula is C33H27FN6. The van der Waals surface area contributed by atoms with Crippen LogP contribution in [0.5, 0.6) is 0 Å². The molecule has 1 N–H and O–H groups in total. The van der Waals surface area contributed by atoms with Crippen LogP contribution in [0.15, 0.2) is 107 Å². The average Bonchev–Trinajstić information content (AvgIpc) is 3.30. The van der Waals surface area contributed by atoms with Gasteiger partial charge in [-0.2, -0.15) is 5.10 Å². The number of hydrogen-bond donors (Lipinski definition) is 1. The summed E-state index contributed by atoms with van der Waals surface area (Å²) in [5, 5.41) is 8.44. The molecule has 0 amide bonds. The zero-order valence-electron chi connectivity index (χ0n) is 22.4. The lowest BCUT2D eigenvalue weighted by atomic mass is 9.92. The van der Waals surface area contributed by atoms with Crippen molar-refractivity contribution in [3.8, 4) is 5.69 Å². The van der Waals surface area contributed by atoms with Crippen LogP contribution in [0.3, 0.4) is 0 Å². The van der Waals surface area contributed by atoms with Gasteiger partial charge in [-0.15, -0.1) is 0 Å². The van der Waals surface area contributed by atoms with Gasteiger partial charge in [-0.3, -0.25) is 0 Å². The normalized spacial score (nSPS) is 16.6. The van der Waals surface area contributed by atoms with Gasteiger partial charge in [0.1, 0.15) is 5.82 Å². The van der Waals surface area contributed by atoms with Crippen molar-refractivity contribution in [2.75, 3.05) is 10.2 Å². The number of nitrogens with zero attached hydrogens (tertiary/aromatic N) is 5. The van der Waals surface area contributed by atoms with Crippen molar-refractivity contribution in [3.05, 3.63) is 131 Å². The maximum absolute atomic E-state index is 15.7. The Morgan fingerprint density at radius 1 is 0.850 bits per heavy atom.